The largest absolute Gasteiger partial charge is 0.497 e. The first-order valence-electron chi connectivity index (χ1n) is 11.3. The van der Waals surface area contributed by atoms with Crippen molar-refractivity contribution in [2.75, 3.05) is 7.11 Å². The summed E-state index contributed by atoms with van der Waals surface area (Å²) in [4.78, 5) is 13.7. The third kappa shape index (κ3) is 4.21. The highest BCUT2D eigenvalue weighted by Gasteiger charge is 2.20. The summed E-state index contributed by atoms with van der Waals surface area (Å²) in [6, 6.07) is 22.9. The van der Waals surface area contributed by atoms with Gasteiger partial charge < -0.3 is 4.74 Å². The summed E-state index contributed by atoms with van der Waals surface area (Å²) in [5.74, 6) is 1.79. The zero-order valence-electron chi connectivity index (χ0n) is 20.0. The molecule has 0 fully saturated rings. The Labute approximate surface area is 208 Å². The Hall–Kier alpha value is -3.90. The van der Waals surface area contributed by atoms with Crippen molar-refractivity contribution in [3.8, 4) is 22.8 Å². The molecule has 0 saturated heterocycles. The summed E-state index contributed by atoms with van der Waals surface area (Å²) in [6.07, 6.45) is 1.84. The molecule has 7 heteroatoms. The summed E-state index contributed by atoms with van der Waals surface area (Å²) in [5, 5.41) is 9.95. The smallest absolute Gasteiger partial charge is 0.282 e. The molecule has 0 N–H and O–H groups in total. The van der Waals surface area contributed by atoms with Gasteiger partial charge in [-0.3, -0.25) is 9.20 Å². The fraction of sp³-hybridized carbons (Fsp3) is 0.179. The number of nitrogens with zero attached hydrogens (tertiary/aromatic N) is 4. The minimum Gasteiger partial charge on any atom is -0.497 e. The van der Waals surface area contributed by atoms with Crippen molar-refractivity contribution >= 4 is 23.5 Å². The lowest BCUT2D eigenvalue weighted by atomic mass is 9.87. The second kappa shape index (κ2) is 8.71. The SMILES string of the molecule is COc1ccc(C=c2c(=O)n(-c3ccc(Cl)cc3)c3nnc(-c4ccc(C(C)(C)C)cc4)n23)cc1. The molecule has 0 unspecified atom stereocenters. The van der Waals surface area contributed by atoms with Crippen molar-refractivity contribution in [2.24, 2.45) is 0 Å². The number of hydrogen-bond donors (Lipinski definition) is 0. The van der Waals surface area contributed by atoms with E-state index in [2.05, 4.69) is 43.1 Å². The zero-order chi connectivity index (χ0) is 24.7. The molecule has 5 aromatic rings. The Morgan fingerprint density at radius 1 is 0.886 bits per heavy atom. The van der Waals surface area contributed by atoms with Crippen LogP contribution in [0.5, 0.6) is 5.75 Å². The molecular formula is C28H25ClN4O2. The molecule has 0 amide bonds. The van der Waals surface area contributed by atoms with Gasteiger partial charge in [0.25, 0.3) is 5.56 Å². The number of aromatic nitrogens is 4. The molecule has 0 bridgehead atoms. The first kappa shape index (κ1) is 22.9. The van der Waals surface area contributed by atoms with Gasteiger partial charge in [-0.2, -0.15) is 0 Å². The van der Waals surface area contributed by atoms with E-state index >= 15 is 0 Å². The average molecular weight is 485 g/mol. The Bertz CT molecular complexity index is 1610. The van der Waals surface area contributed by atoms with Crippen LogP contribution in [-0.4, -0.2) is 26.3 Å². The number of rotatable bonds is 4. The average Bonchev–Trinajstić information content (AvgIpc) is 3.38. The lowest BCUT2D eigenvalue weighted by Gasteiger charge is -2.18. The quantitative estimate of drug-likeness (QED) is 0.358. The summed E-state index contributed by atoms with van der Waals surface area (Å²) in [5.41, 5.74) is 3.46. The Morgan fingerprint density at radius 2 is 1.54 bits per heavy atom. The molecule has 2 aromatic heterocycles. The summed E-state index contributed by atoms with van der Waals surface area (Å²) in [6.45, 7) is 6.53. The van der Waals surface area contributed by atoms with E-state index in [4.69, 9.17) is 16.3 Å². The number of imidazole rings is 1. The number of ether oxygens (including phenoxy) is 1. The van der Waals surface area contributed by atoms with E-state index in [0.29, 0.717) is 27.7 Å². The molecule has 0 atom stereocenters. The predicted molar refractivity (Wildman–Crippen MR) is 140 cm³/mol. The van der Waals surface area contributed by atoms with Crippen LogP contribution in [0.25, 0.3) is 28.9 Å². The summed E-state index contributed by atoms with van der Waals surface area (Å²) in [7, 11) is 1.62. The van der Waals surface area contributed by atoms with Gasteiger partial charge in [0.2, 0.25) is 5.78 Å². The van der Waals surface area contributed by atoms with Gasteiger partial charge in [0.05, 0.1) is 12.8 Å². The van der Waals surface area contributed by atoms with Crippen molar-refractivity contribution in [1.29, 1.82) is 0 Å². The maximum Gasteiger partial charge on any atom is 0.282 e. The Balaban J connectivity index is 1.77. The van der Waals surface area contributed by atoms with Crippen LogP contribution < -0.4 is 15.6 Å². The molecule has 6 nitrogen and oxygen atoms in total. The van der Waals surface area contributed by atoms with Crippen molar-refractivity contribution < 1.29 is 4.74 Å². The predicted octanol–water partition coefficient (Wildman–Crippen LogP) is 5.05. The number of hydrogen-bond acceptors (Lipinski definition) is 4. The van der Waals surface area contributed by atoms with Crippen LogP contribution in [0.3, 0.4) is 0 Å². The molecule has 2 heterocycles. The minimum absolute atomic E-state index is 0.0338. The van der Waals surface area contributed by atoms with Crippen molar-refractivity contribution in [1.82, 2.24) is 19.2 Å². The molecule has 0 radical (unpaired) electrons. The maximum absolute atomic E-state index is 13.7. The third-order valence-electron chi connectivity index (χ3n) is 6.02. The molecule has 176 valence electrons. The molecule has 0 aliphatic rings. The highest BCUT2D eigenvalue weighted by molar-refractivity contribution is 6.30. The van der Waals surface area contributed by atoms with Crippen LogP contribution in [0.4, 0.5) is 0 Å². The summed E-state index contributed by atoms with van der Waals surface area (Å²) < 4.78 is 8.64. The molecule has 5 rings (SSSR count). The molecule has 0 aliphatic carbocycles. The Morgan fingerprint density at radius 3 is 2.14 bits per heavy atom. The van der Waals surface area contributed by atoms with Crippen LogP contribution in [0.2, 0.25) is 5.02 Å². The maximum atomic E-state index is 13.7. The molecule has 35 heavy (non-hydrogen) atoms. The van der Waals surface area contributed by atoms with Gasteiger partial charge in [-0.25, -0.2) is 4.57 Å². The normalized spacial score (nSPS) is 12.4. The second-order valence-electron chi connectivity index (χ2n) is 9.41. The molecule has 0 saturated carbocycles. The van der Waals surface area contributed by atoms with E-state index in [1.807, 2.05) is 46.9 Å². The molecule has 0 spiro atoms. The number of methoxy groups -OCH3 is 1. The summed E-state index contributed by atoms with van der Waals surface area (Å²) >= 11 is 6.09. The van der Waals surface area contributed by atoms with Crippen molar-refractivity contribution in [3.05, 3.63) is 105 Å². The van der Waals surface area contributed by atoms with Gasteiger partial charge in [-0.1, -0.05) is 68.8 Å². The lowest BCUT2D eigenvalue weighted by Crippen LogP contribution is -2.30. The lowest BCUT2D eigenvalue weighted by molar-refractivity contribution is 0.415. The van der Waals surface area contributed by atoms with Gasteiger partial charge >= 0.3 is 0 Å². The zero-order valence-corrected chi connectivity index (χ0v) is 20.7. The van der Waals surface area contributed by atoms with Crippen LogP contribution >= 0.6 is 11.6 Å². The third-order valence-corrected chi connectivity index (χ3v) is 6.27. The van der Waals surface area contributed by atoms with E-state index in [0.717, 1.165) is 16.9 Å². The van der Waals surface area contributed by atoms with Gasteiger partial charge in [0.15, 0.2) is 5.82 Å². The second-order valence-corrected chi connectivity index (χ2v) is 9.84. The van der Waals surface area contributed by atoms with Crippen LogP contribution in [0.15, 0.2) is 77.6 Å². The van der Waals surface area contributed by atoms with E-state index < -0.39 is 0 Å². The van der Waals surface area contributed by atoms with E-state index in [9.17, 15) is 4.79 Å². The van der Waals surface area contributed by atoms with Crippen LogP contribution in [0, 0.1) is 0 Å². The van der Waals surface area contributed by atoms with Gasteiger partial charge in [-0.05, 0) is 59.0 Å². The minimum atomic E-state index is -0.194. The van der Waals surface area contributed by atoms with E-state index in [-0.39, 0.29) is 11.0 Å². The van der Waals surface area contributed by atoms with Crippen LogP contribution in [-0.2, 0) is 5.41 Å². The number of fused-ring (bicyclic) bond motifs is 1. The number of benzene rings is 3. The van der Waals surface area contributed by atoms with E-state index in [1.165, 1.54) is 5.56 Å². The van der Waals surface area contributed by atoms with Crippen molar-refractivity contribution in [2.45, 2.75) is 26.2 Å². The molecule has 3 aromatic carbocycles. The molecule has 0 aliphatic heterocycles. The van der Waals surface area contributed by atoms with Crippen LogP contribution in [0.1, 0.15) is 31.9 Å². The topological polar surface area (TPSA) is 61.4 Å². The fourth-order valence-corrected chi connectivity index (χ4v) is 4.18. The Kier molecular flexibility index (Phi) is 5.69. The fourth-order valence-electron chi connectivity index (χ4n) is 4.06. The first-order chi connectivity index (χ1) is 16.8. The molecular weight excluding hydrogens is 460 g/mol. The van der Waals surface area contributed by atoms with Gasteiger partial charge in [-0.15, -0.1) is 10.2 Å². The first-order valence-corrected chi connectivity index (χ1v) is 11.7. The van der Waals surface area contributed by atoms with Crippen molar-refractivity contribution in [3.63, 3.8) is 0 Å². The van der Waals surface area contributed by atoms with Gasteiger partial charge in [0.1, 0.15) is 11.1 Å². The highest BCUT2D eigenvalue weighted by atomic mass is 35.5. The number of halogens is 1. The highest BCUT2D eigenvalue weighted by Crippen LogP contribution is 2.26. The standard InChI is InChI=1S/C28H25ClN4O2/c1-28(2,3)20-9-7-19(8-10-20)25-30-31-27-32(22-13-11-21(29)12-14-22)26(34)24(33(25)27)17-18-5-15-23(35-4)16-6-18/h5-17H,1-4H3. The van der Waals surface area contributed by atoms with E-state index in [1.54, 1.807) is 35.9 Å². The monoisotopic (exact) mass is 484 g/mol. The van der Waals surface area contributed by atoms with Gasteiger partial charge in [0, 0.05) is 10.6 Å².